The predicted octanol–water partition coefficient (Wildman–Crippen LogP) is 4.66. The Kier molecular flexibility index (Phi) is 9.97. The number of hydrogen-bond donors (Lipinski definition) is 1. The molecule has 0 aliphatic carbocycles. The van der Waals surface area contributed by atoms with Crippen LogP contribution in [0.1, 0.15) is 74.1 Å². The van der Waals surface area contributed by atoms with Gasteiger partial charge in [-0.15, -0.1) is 0 Å². The van der Waals surface area contributed by atoms with Crippen molar-refractivity contribution in [2.24, 2.45) is 0 Å². The second-order valence-electron chi connectivity index (χ2n) is 10.1. The van der Waals surface area contributed by atoms with Crippen LogP contribution in [0.5, 0.6) is 0 Å². The molecular formula is C31H40O9. The van der Waals surface area contributed by atoms with Crippen LogP contribution in [0.25, 0.3) is 0 Å². The smallest absolute Gasteiger partial charge is 0.338 e. The van der Waals surface area contributed by atoms with E-state index in [0.717, 1.165) is 0 Å². The molecule has 0 bridgehead atoms. The highest BCUT2D eigenvalue weighted by molar-refractivity contribution is 5.90. The van der Waals surface area contributed by atoms with Gasteiger partial charge < -0.3 is 33.5 Å². The summed E-state index contributed by atoms with van der Waals surface area (Å²) in [5.74, 6) is -3.10. The molecule has 1 N–H and O–H groups in total. The highest BCUT2D eigenvalue weighted by atomic mass is 16.8. The van der Waals surface area contributed by atoms with Crippen LogP contribution < -0.4 is 0 Å². The quantitative estimate of drug-likeness (QED) is 0.373. The minimum absolute atomic E-state index is 0.109. The zero-order chi connectivity index (χ0) is 28.8. The highest BCUT2D eigenvalue weighted by Gasteiger charge is 2.56. The molecule has 2 heterocycles. The van der Waals surface area contributed by atoms with Gasteiger partial charge in [0, 0.05) is 0 Å². The summed E-state index contributed by atoms with van der Waals surface area (Å²) in [5.41, 5.74) is 0.646. The number of hydrogen-bond acceptors (Lipinski definition) is 9. The van der Waals surface area contributed by atoms with Crippen molar-refractivity contribution in [3.8, 4) is 0 Å². The molecule has 0 spiro atoms. The SMILES string of the molecule is CCC1(CC)OCC(C(OC(=O)c2ccccc2)C(OC(=O)c2ccccc2)C2OC(CC)(CC)OC2CO)O1. The molecule has 0 aromatic heterocycles. The summed E-state index contributed by atoms with van der Waals surface area (Å²) in [4.78, 5) is 26.8. The Hall–Kier alpha value is -2.82. The zero-order valence-corrected chi connectivity index (χ0v) is 23.6. The lowest BCUT2D eigenvalue weighted by atomic mass is 9.98. The Balaban J connectivity index is 1.75. The summed E-state index contributed by atoms with van der Waals surface area (Å²) >= 11 is 0. The number of esters is 2. The van der Waals surface area contributed by atoms with Crippen LogP contribution in [0, 0.1) is 0 Å². The minimum atomic E-state index is -1.18. The first kappa shape index (κ1) is 30.1. The number of carbonyl (C=O) groups excluding carboxylic acids is 2. The number of benzene rings is 2. The van der Waals surface area contributed by atoms with Gasteiger partial charge in [-0.3, -0.25) is 0 Å². The Morgan fingerprint density at radius 3 is 1.73 bits per heavy atom. The van der Waals surface area contributed by atoms with Crippen molar-refractivity contribution in [1.82, 2.24) is 0 Å². The van der Waals surface area contributed by atoms with E-state index in [1.807, 2.05) is 27.7 Å². The molecule has 2 aromatic carbocycles. The lowest BCUT2D eigenvalue weighted by Crippen LogP contribution is -2.54. The summed E-state index contributed by atoms with van der Waals surface area (Å²) in [5, 5.41) is 10.3. The van der Waals surface area contributed by atoms with E-state index in [9.17, 15) is 14.7 Å². The summed E-state index contributed by atoms with van der Waals surface area (Å²) in [6.07, 6.45) is -2.73. The molecule has 2 aliphatic heterocycles. The van der Waals surface area contributed by atoms with E-state index in [-0.39, 0.29) is 13.2 Å². The highest BCUT2D eigenvalue weighted by Crippen LogP contribution is 2.40. The van der Waals surface area contributed by atoms with E-state index in [1.165, 1.54) is 0 Å². The average molecular weight is 557 g/mol. The van der Waals surface area contributed by atoms with E-state index in [2.05, 4.69) is 0 Å². The van der Waals surface area contributed by atoms with Gasteiger partial charge in [-0.1, -0.05) is 64.1 Å². The summed E-state index contributed by atoms with van der Waals surface area (Å²) < 4.78 is 37.3. The summed E-state index contributed by atoms with van der Waals surface area (Å²) in [7, 11) is 0. The van der Waals surface area contributed by atoms with E-state index < -0.39 is 54.0 Å². The third-order valence-electron chi connectivity index (χ3n) is 7.81. The van der Waals surface area contributed by atoms with E-state index in [0.29, 0.717) is 36.8 Å². The molecule has 5 atom stereocenters. The van der Waals surface area contributed by atoms with Crippen LogP contribution in [0.15, 0.2) is 60.7 Å². The normalized spacial score (nSPS) is 24.8. The molecule has 9 heteroatoms. The minimum Gasteiger partial charge on any atom is -0.452 e. The molecule has 9 nitrogen and oxygen atoms in total. The Labute approximate surface area is 235 Å². The maximum absolute atomic E-state index is 13.4. The maximum Gasteiger partial charge on any atom is 0.338 e. The number of rotatable bonds is 12. The van der Waals surface area contributed by atoms with Crippen molar-refractivity contribution in [3.05, 3.63) is 71.8 Å². The molecular weight excluding hydrogens is 516 g/mol. The third-order valence-corrected chi connectivity index (χ3v) is 7.81. The monoisotopic (exact) mass is 556 g/mol. The lowest BCUT2D eigenvalue weighted by molar-refractivity contribution is -0.207. The van der Waals surface area contributed by atoms with Crippen LogP contribution in [-0.4, -0.2) is 72.4 Å². The molecule has 2 fully saturated rings. The van der Waals surface area contributed by atoms with Gasteiger partial charge in [0.15, 0.2) is 23.8 Å². The average Bonchev–Trinajstić information content (AvgIpc) is 3.62. The fourth-order valence-electron chi connectivity index (χ4n) is 5.27. The van der Waals surface area contributed by atoms with Gasteiger partial charge in [-0.25, -0.2) is 9.59 Å². The number of aliphatic hydroxyl groups excluding tert-OH is 1. The fraction of sp³-hybridized carbons (Fsp3) is 0.548. The van der Waals surface area contributed by atoms with Crippen molar-refractivity contribution in [2.45, 2.75) is 95.5 Å². The van der Waals surface area contributed by atoms with Gasteiger partial charge >= 0.3 is 11.9 Å². The van der Waals surface area contributed by atoms with Gasteiger partial charge in [0.25, 0.3) is 0 Å². The van der Waals surface area contributed by atoms with Crippen molar-refractivity contribution < 1.29 is 43.1 Å². The van der Waals surface area contributed by atoms with E-state index in [1.54, 1.807) is 60.7 Å². The predicted molar refractivity (Wildman–Crippen MR) is 146 cm³/mol. The first-order valence-electron chi connectivity index (χ1n) is 14.1. The Morgan fingerprint density at radius 1 is 0.775 bits per heavy atom. The summed E-state index contributed by atoms with van der Waals surface area (Å²) in [6.45, 7) is 7.47. The molecule has 5 unspecified atom stereocenters. The topological polar surface area (TPSA) is 110 Å². The number of ether oxygens (including phenoxy) is 6. The number of aliphatic hydroxyl groups is 1. The molecule has 40 heavy (non-hydrogen) atoms. The molecule has 2 aromatic rings. The van der Waals surface area contributed by atoms with Crippen LogP contribution in [0.2, 0.25) is 0 Å². The molecule has 2 aliphatic rings. The standard InChI is InChI=1S/C31H40O9/c1-5-30(6-2)35-20-24(39-30)25(36-28(33)21-15-11-9-12-16-21)27(37-29(34)22-17-13-10-14-18-22)26-23(19-32)38-31(7-3,8-4)40-26/h9-18,23-27,32H,5-8,19-20H2,1-4H3. The molecule has 0 radical (unpaired) electrons. The summed E-state index contributed by atoms with van der Waals surface area (Å²) in [6, 6.07) is 17.1. The zero-order valence-electron chi connectivity index (χ0n) is 23.6. The van der Waals surface area contributed by atoms with Gasteiger partial charge in [-0.2, -0.15) is 0 Å². The first-order chi connectivity index (χ1) is 19.3. The van der Waals surface area contributed by atoms with Gasteiger partial charge in [0.1, 0.15) is 18.3 Å². The van der Waals surface area contributed by atoms with Gasteiger partial charge in [0.2, 0.25) is 0 Å². The molecule has 0 amide bonds. The Morgan fingerprint density at radius 2 is 1.27 bits per heavy atom. The fourth-order valence-corrected chi connectivity index (χ4v) is 5.27. The second kappa shape index (κ2) is 13.2. The van der Waals surface area contributed by atoms with Crippen molar-refractivity contribution in [3.63, 3.8) is 0 Å². The second-order valence-corrected chi connectivity index (χ2v) is 10.1. The van der Waals surface area contributed by atoms with Crippen molar-refractivity contribution >= 4 is 11.9 Å². The lowest BCUT2D eigenvalue weighted by Gasteiger charge is -2.35. The third kappa shape index (κ3) is 6.39. The van der Waals surface area contributed by atoms with Gasteiger partial charge in [0.05, 0.1) is 24.3 Å². The first-order valence-corrected chi connectivity index (χ1v) is 14.1. The van der Waals surface area contributed by atoms with Gasteiger partial charge in [-0.05, 0) is 49.9 Å². The molecule has 4 rings (SSSR count). The molecule has 218 valence electrons. The molecule has 0 saturated carbocycles. The van der Waals surface area contributed by atoms with Crippen LogP contribution in [0.4, 0.5) is 0 Å². The van der Waals surface area contributed by atoms with Crippen LogP contribution in [0.3, 0.4) is 0 Å². The molecule has 2 saturated heterocycles. The van der Waals surface area contributed by atoms with Crippen LogP contribution >= 0.6 is 0 Å². The van der Waals surface area contributed by atoms with Crippen molar-refractivity contribution in [2.75, 3.05) is 13.2 Å². The van der Waals surface area contributed by atoms with E-state index >= 15 is 0 Å². The van der Waals surface area contributed by atoms with Crippen LogP contribution in [-0.2, 0) is 28.4 Å². The van der Waals surface area contributed by atoms with E-state index in [4.69, 9.17) is 28.4 Å². The largest absolute Gasteiger partial charge is 0.452 e. The number of carbonyl (C=O) groups is 2. The Bertz CT molecular complexity index is 1100. The maximum atomic E-state index is 13.4. The van der Waals surface area contributed by atoms with Crippen molar-refractivity contribution in [1.29, 1.82) is 0 Å².